The second-order valence-corrected chi connectivity index (χ2v) is 7.13. The average molecular weight is 429 g/mol. The van der Waals surface area contributed by atoms with Gasteiger partial charge in [-0.15, -0.1) is 0 Å². The third-order valence-electron chi connectivity index (χ3n) is 5.35. The van der Waals surface area contributed by atoms with E-state index < -0.39 is 23.4 Å². The summed E-state index contributed by atoms with van der Waals surface area (Å²) in [7, 11) is 2.80. The third kappa shape index (κ3) is 4.22. The molecule has 0 aliphatic carbocycles. The van der Waals surface area contributed by atoms with Crippen LogP contribution in [0.15, 0.2) is 36.4 Å². The van der Waals surface area contributed by atoms with E-state index in [9.17, 15) is 23.9 Å². The van der Waals surface area contributed by atoms with Crippen LogP contribution >= 0.6 is 0 Å². The number of halogens is 1. The van der Waals surface area contributed by atoms with Gasteiger partial charge in [0.1, 0.15) is 17.9 Å². The lowest BCUT2D eigenvalue weighted by atomic mass is 10.0. The van der Waals surface area contributed by atoms with E-state index in [1.54, 1.807) is 30.3 Å². The number of rotatable bonds is 9. The first kappa shape index (κ1) is 22.2. The Morgan fingerprint density at radius 3 is 2.77 bits per heavy atom. The number of nitrogens with one attached hydrogen (secondary N) is 2. The molecule has 0 saturated heterocycles. The fourth-order valence-corrected chi connectivity index (χ4v) is 3.62. The molecule has 2 aromatic carbocycles. The molecule has 164 valence electrons. The molecule has 0 radical (unpaired) electrons. The van der Waals surface area contributed by atoms with Crippen LogP contribution in [0.4, 0.5) is 10.1 Å². The molecule has 3 N–H and O–H groups in total. The van der Waals surface area contributed by atoms with Crippen molar-refractivity contribution in [2.75, 3.05) is 19.5 Å². The fraction of sp³-hybridized carbons (Fsp3) is 0.318. The lowest BCUT2D eigenvalue weighted by Crippen LogP contribution is -2.58. The van der Waals surface area contributed by atoms with Crippen molar-refractivity contribution in [2.24, 2.45) is 0 Å². The number of hydrogen-bond acceptors (Lipinski definition) is 6. The molecule has 31 heavy (non-hydrogen) atoms. The minimum atomic E-state index is -2.16. The number of aldehydes is 1. The predicted molar refractivity (Wildman–Crippen MR) is 111 cm³/mol. The number of hydrogen-bond donors (Lipinski definition) is 3. The van der Waals surface area contributed by atoms with Crippen molar-refractivity contribution >= 4 is 23.8 Å². The van der Waals surface area contributed by atoms with Crippen LogP contribution in [0.5, 0.6) is 5.75 Å². The number of carbonyl (C=O) groups excluding carboxylic acids is 3. The summed E-state index contributed by atoms with van der Waals surface area (Å²) in [4.78, 5) is 37.2. The van der Waals surface area contributed by atoms with Crippen LogP contribution < -0.4 is 15.4 Å². The maximum atomic E-state index is 14.3. The zero-order valence-corrected chi connectivity index (χ0v) is 17.3. The van der Waals surface area contributed by atoms with Gasteiger partial charge in [-0.05, 0) is 18.2 Å². The Kier molecular flexibility index (Phi) is 6.55. The Labute approximate surface area is 179 Å². The lowest BCUT2D eigenvalue weighted by molar-refractivity contribution is -0.159. The maximum absolute atomic E-state index is 14.3. The molecule has 1 aliphatic heterocycles. The SMILES string of the molecule is CNC(=O)C(O)(CCC=O)N1Cc2c(NCc3ccc(OC)cc3F)cccc2C1=O. The van der Waals surface area contributed by atoms with E-state index in [1.165, 1.54) is 20.2 Å². The first-order valence-electron chi connectivity index (χ1n) is 9.74. The molecule has 1 aliphatic rings. The van der Waals surface area contributed by atoms with Crippen molar-refractivity contribution in [3.05, 3.63) is 58.9 Å². The molecule has 1 atom stereocenters. The van der Waals surface area contributed by atoms with Gasteiger partial charge in [-0.25, -0.2) is 4.39 Å². The predicted octanol–water partition coefficient (Wildman–Crippen LogP) is 1.82. The topological polar surface area (TPSA) is 108 Å². The normalized spacial score (nSPS) is 14.6. The summed E-state index contributed by atoms with van der Waals surface area (Å²) in [5.74, 6) is -1.32. The van der Waals surface area contributed by atoms with Gasteiger partial charge in [-0.3, -0.25) is 14.5 Å². The zero-order chi connectivity index (χ0) is 22.6. The van der Waals surface area contributed by atoms with Gasteiger partial charge in [0.2, 0.25) is 5.72 Å². The van der Waals surface area contributed by atoms with Gasteiger partial charge in [0, 0.05) is 54.9 Å². The van der Waals surface area contributed by atoms with Crippen LogP contribution in [0, 0.1) is 5.82 Å². The van der Waals surface area contributed by atoms with Crippen molar-refractivity contribution in [1.82, 2.24) is 10.2 Å². The number of benzene rings is 2. The third-order valence-corrected chi connectivity index (χ3v) is 5.35. The molecular weight excluding hydrogens is 405 g/mol. The van der Waals surface area contributed by atoms with Gasteiger partial charge in [0.25, 0.3) is 11.8 Å². The summed E-state index contributed by atoms with van der Waals surface area (Å²) in [6, 6.07) is 9.54. The second-order valence-electron chi connectivity index (χ2n) is 7.13. The van der Waals surface area contributed by atoms with Gasteiger partial charge in [0.15, 0.2) is 0 Å². The molecule has 3 rings (SSSR count). The number of ether oxygens (including phenoxy) is 1. The van der Waals surface area contributed by atoms with E-state index in [0.29, 0.717) is 34.4 Å². The Hall–Kier alpha value is -3.46. The molecule has 0 aromatic heterocycles. The Bertz CT molecular complexity index is 1010. The molecule has 2 aromatic rings. The lowest BCUT2D eigenvalue weighted by Gasteiger charge is -2.35. The van der Waals surface area contributed by atoms with Gasteiger partial charge in [-0.1, -0.05) is 12.1 Å². The van der Waals surface area contributed by atoms with Gasteiger partial charge >= 0.3 is 0 Å². The molecule has 1 heterocycles. The molecule has 0 spiro atoms. The van der Waals surface area contributed by atoms with Crippen LogP contribution in [0.1, 0.15) is 34.3 Å². The molecule has 1 unspecified atom stereocenters. The molecule has 0 bridgehead atoms. The molecule has 0 fully saturated rings. The summed E-state index contributed by atoms with van der Waals surface area (Å²) >= 11 is 0. The first-order chi connectivity index (χ1) is 14.8. The van der Waals surface area contributed by atoms with Gasteiger partial charge in [-0.2, -0.15) is 0 Å². The van der Waals surface area contributed by atoms with Gasteiger partial charge < -0.3 is 25.3 Å². The number of nitrogens with zero attached hydrogens (tertiary/aromatic N) is 1. The minimum absolute atomic E-state index is 0.0365. The molecule has 2 amide bonds. The van der Waals surface area contributed by atoms with Crippen molar-refractivity contribution < 1.29 is 28.6 Å². The standard InChI is InChI=1S/C22H24FN3O5/c1-24-21(29)22(30,9-4-10-27)26-13-17-16(20(26)28)5-3-6-19(17)25-12-14-7-8-15(31-2)11-18(14)23/h3,5-8,10-11,25,30H,4,9,12-13H2,1-2H3,(H,24,29). The molecular formula is C22H24FN3O5. The van der Waals surface area contributed by atoms with E-state index in [0.717, 1.165) is 4.90 Å². The quantitative estimate of drug-likeness (QED) is 0.525. The van der Waals surface area contributed by atoms with Crippen molar-refractivity contribution in [2.45, 2.75) is 31.7 Å². The molecule has 8 nitrogen and oxygen atoms in total. The number of fused-ring (bicyclic) bond motifs is 1. The maximum Gasteiger partial charge on any atom is 0.273 e. The van der Waals surface area contributed by atoms with Crippen molar-refractivity contribution in [3.8, 4) is 5.75 Å². The average Bonchev–Trinajstić information content (AvgIpc) is 3.13. The Morgan fingerprint density at radius 2 is 2.13 bits per heavy atom. The van der Waals surface area contributed by atoms with Crippen LogP contribution in [-0.4, -0.2) is 48.0 Å². The highest BCUT2D eigenvalue weighted by molar-refractivity contribution is 6.03. The second kappa shape index (κ2) is 9.13. The molecule has 0 saturated carbocycles. The van der Waals surface area contributed by atoms with Crippen LogP contribution in [-0.2, 0) is 22.7 Å². The highest BCUT2D eigenvalue weighted by Crippen LogP contribution is 2.35. The Balaban J connectivity index is 1.85. The van der Waals surface area contributed by atoms with E-state index in [2.05, 4.69) is 10.6 Å². The smallest absolute Gasteiger partial charge is 0.273 e. The monoisotopic (exact) mass is 429 g/mol. The first-order valence-corrected chi connectivity index (χ1v) is 9.74. The zero-order valence-electron chi connectivity index (χ0n) is 17.3. The summed E-state index contributed by atoms with van der Waals surface area (Å²) in [6.07, 6.45) is 0.263. The van der Waals surface area contributed by atoms with E-state index in [4.69, 9.17) is 4.74 Å². The number of amides is 2. The summed E-state index contributed by atoms with van der Waals surface area (Å²) < 4.78 is 19.3. The fourth-order valence-electron chi connectivity index (χ4n) is 3.62. The van der Waals surface area contributed by atoms with Crippen molar-refractivity contribution in [1.29, 1.82) is 0 Å². The highest BCUT2D eigenvalue weighted by Gasteiger charge is 2.47. The minimum Gasteiger partial charge on any atom is -0.497 e. The molecule has 9 heteroatoms. The highest BCUT2D eigenvalue weighted by atomic mass is 19.1. The van der Waals surface area contributed by atoms with Crippen molar-refractivity contribution in [3.63, 3.8) is 0 Å². The number of carbonyl (C=O) groups is 3. The van der Waals surface area contributed by atoms with Crippen LogP contribution in [0.25, 0.3) is 0 Å². The number of aliphatic hydroxyl groups is 1. The number of methoxy groups -OCH3 is 1. The summed E-state index contributed by atoms with van der Waals surface area (Å²) in [5.41, 5.74) is -0.264. The largest absolute Gasteiger partial charge is 0.497 e. The van der Waals surface area contributed by atoms with Crippen LogP contribution in [0.2, 0.25) is 0 Å². The van der Waals surface area contributed by atoms with E-state index in [-0.39, 0.29) is 25.9 Å². The van der Waals surface area contributed by atoms with Crippen LogP contribution in [0.3, 0.4) is 0 Å². The Morgan fingerprint density at radius 1 is 1.35 bits per heavy atom. The summed E-state index contributed by atoms with van der Waals surface area (Å²) in [5, 5.41) is 16.5. The number of anilines is 1. The summed E-state index contributed by atoms with van der Waals surface area (Å²) in [6.45, 7) is 0.122. The van der Waals surface area contributed by atoms with E-state index in [1.807, 2.05) is 0 Å². The van der Waals surface area contributed by atoms with Gasteiger partial charge in [0.05, 0.1) is 13.7 Å². The van der Waals surface area contributed by atoms with E-state index >= 15 is 0 Å². The number of likely N-dealkylation sites (N-methyl/N-ethyl adjacent to an activating group) is 1.